The summed E-state index contributed by atoms with van der Waals surface area (Å²) in [7, 11) is -3.79. The van der Waals surface area contributed by atoms with Crippen molar-refractivity contribution in [3.8, 4) is 0 Å². The lowest BCUT2D eigenvalue weighted by molar-refractivity contribution is -0.139. The van der Waals surface area contributed by atoms with Gasteiger partial charge in [-0.05, 0) is 55.7 Å². The number of hydrogen-bond acceptors (Lipinski definition) is 4. The van der Waals surface area contributed by atoms with Crippen LogP contribution in [0.5, 0.6) is 0 Å². The number of carbonyl (C=O) groups excluding carboxylic acids is 2. The Morgan fingerprint density at radius 2 is 1.79 bits per heavy atom. The summed E-state index contributed by atoms with van der Waals surface area (Å²) in [4.78, 5) is 28.0. The number of hydrogen-bond donors (Lipinski definition) is 1. The van der Waals surface area contributed by atoms with E-state index < -0.39 is 28.5 Å². The molecule has 10 heteroatoms. The lowest BCUT2D eigenvalue weighted by atomic mass is 10.1. The number of rotatable bonds is 9. The molecule has 0 saturated heterocycles. The van der Waals surface area contributed by atoms with Crippen molar-refractivity contribution in [2.45, 2.75) is 51.2 Å². The largest absolute Gasteiger partial charge is 0.352 e. The summed E-state index contributed by atoms with van der Waals surface area (Å²) in [6, 6.07) is 13.1. The third-order valence-corrected chi connectivity index (χ3v) is 7.81. The molecule has 0 bridgehead atoms. The van der Waals surface area contributed by atoms with Crippen LogP contribution in [0.4, 0.5) is 5.69 Å². The van der Waals surface area contributed by atoms with E-state index in [2.05, 4.69) is 21.2 Å². The highest BCUT2D eigenvalue weighted by Gasteiger charge is 2.31. The molecule has 184 valence electrons. The average Bonchev–Trinajstić information content (AvgIpc) is 3.28. The highest BCUT2D eigenvalue weighted by Crippen LogP contribution is 2.23. The standard InChI is InChI=1S/C24H29BrClN3O4S/c1-17(24(31)27-21-7-3-4-8-21)28(15-18-10-12-19(25)13-11-18)23(30)16-29(34(2,32)33)22-9-5-6-20(26)14-22/h5-6,9-14,17,21H,3-4,7-8,15-16H2,1-2H3,(H,27,31)/t17-/m0/s1. The van der Waals surface area contributed by atoms with E-state index in [1.807, 2.05) is 24.3 Å². The molecule has 34 heavy (non-hydrogen) atoms. The summed E-state index contributed by atoms with van der Waals surface area (Å²) in [5.74, 6) is -0.728. The van der Waals surface area contributed by atoms with Crippen LogP contribution in [0.15, 0.2) is 53.0 Å². The van der Waals surface area contributed by atoms with Gasteiger partial charge in [0.15, 0.2) is 0 Å². The number of amides is 2. The predicted octanol–water partition coefficient (Wildman–Crippen LogP) is 4.34. The van der Waals surface area contributed by atoms with Crippen LogP contribution >= 0.6 is 27.5 Å². The Labute approximate surface area is 214 Å². The summed E-state index contributed by atoms with van der Waals surface area (Å²) in [5, 5.41) is 3.40. The molecule has 7 nitrogen and oxygen atoms in total. The molecule has 0 unspecified atom stereocenters. The first kappa shape index (κ1) is 26.5. The minimum absolute atomic E-state index is 0.110. The number of carbonyl (C=O) groups is 2. The molecule has 0 spiro atoms. The summed E-state index contributed by atoms with van der Waals surface area (Å²) in [6.45, 7) is 1.39. The molecule has 3 rings (SSSR count). The summed E-state index contributed by atoms with van der Waals surface area (Å²) in [6.07, 6.45) is 5.04. The van der Waals surface area contributed by atoms with Gasteiger partial charge < -0.3 is 10.2 Å². The molecule has 1 atom stereocenters. The normalized spacial score (nSPS) is 15.1. The maximum atomic E-state index is 13.5. The third-order valence-electron chi connectivity index (χ3n) is 5.91. The van der Waals surface area contributed by atoms with Gasteiger partial charge in [0, 0.05) is 22.1 Å². The van der Waals surface area contributed by atoms with Crippen LogP contribution < -0.4 is 9.62 Å². The van der Waals surface area contributed by atoms with Gasteiger partial charge in [0.25, 0.3) is 0 Å². The van der Waals surface area contributed by atoms with Crippen LogP contribution in [0.3, 0.4) is 0 Å². The SMILES string of the molecule is C[C@@H](C(=O)NC1CCCC1)N(Cc1ccc(Br)cc1)C(=O)CN(c1cccc(Cl)c1)S(C)(=O)=O. The molecule has 2 aromatic rings. The van der Waals surface area contributed by atoms with Gasteiger partial charge in [-0.25, -0.2) is 8.42 Å². The van der Waals surface area contributed by atoms with E-state index in [0.717, 1.165) is 46.3 Å². The van der Waals surface area contributed by atoms with Gasteiger partial charge in [-0.1, -0.05) is 58.6 Å². The van der Waals surface area contributed by atoms with Crippen LogP contribution in [0, 0.1) is 0 Å². The molecule has 1 saturated carbocycles. The Morgan fingerprint density at radius 1 is 1.15 bits per heavy atom. The van der Waals surface area contributed by atoms with Crippen LogP contribution in [0.1, 0.15) is 38.2 Å². The molecule has 0 radical (unpaired) electrons. The zero-order chi connectivity index (χ0) is 24.9. The Hall–Kier alpha value is -2.10. The fourth-order valence-corrected chi connectivity index (χ4v) is 5.30. The van der Waals surface area contributed by atoms with Gasteiger partial charge in [-0.2, -0.15) is 0 Å². The van der Waals surface area contributed by atoms with Crippen molar-refractivity contribution in [1.29, 1.82) is 0 Å². The van der Waals surface area contributed by atoms with Gasteiger partial charge in [-0.3, -0.25) is 13.9 Å². The topological polar surface area (TPSA) is 86.8 Å². The maximum absolute atomic E-state index is 13.5. The maximum Gasteiger partial charge on any atom is 0.244 e. The highest BCUT2D eigenvalue weighted by molar-refractivity contribution is 9.10. The van der Waals surface area contributed by atoms with E-state index >= 15 is 0 Å². The molecule has 0 aromatic heterocycles. The van der Waals surface area contributed by atoms with Gasteiger partial charge in [0.1, 0.15) is 12.6 Å². The second-order valence-corrected chi connectivity index (χ2v) is 11.8. The summed E-state index contributed by atoms with van der Waals surface area (Å²) >= 11 is 9.46. The van der Waals surface area contributed by atoms with Crippen molar-refractivity contribution in [2.75, 3.05) is 17.1 Å². The number of halogens is 2. The van der Waals surface area contributed by atoms with Crippen molar-refractivity contribution in [3.63, 3.8) is 0 Å². The quantitative estimate of drug-likeness (QED) is 0.486. The fourth-order valence-electron chi connectivity index (χ4n) is 4.01. The molecule has 1 aliphatic rings. The lowest BCUT2D eigenvalue weighted by Crippen LogP contribution is -2.52. The van der Waals surface area contributed by atoms with Crippen molar-refractivity contribution in [1.82, 2.24) is 10.2 Å². The first-order valence-corrected chi connectivity index (χ1v) is 14.1. The minimum atomic E-state index is -3.79. The van der Waals surface area contributed by atoms with Crippen LogP contribution in [0.25, 0.3) is 0 Å². The van der Waals surface area contributed by atoms with Crippen molar-refractivity contribution in [3.05, 3.63) is 63.6 Å². The monoisotopic (exact) mass is 569 g/mol. The van der Waals surface area contributed by atoms with Gasteiger partial charge >= 0.3 is 0 Å². The number of nitrogens with zero attached hydrogens (tertiary/aromatic N) is 2. The first-order valence-electron chi connectivity index (χ1n) is 11.1. The molecular weight excluding hydrogens is 542 g/mol. The molecule has 2 aromatic carbocycles. The van der Waals surface area contributed by atoms with Gasteiger partial charge in [0.2, 0.25) is 21.8 Å². The van der Waals surface area contributed by atoms with Gasteiger partial charge in [-0.15, -0.1) is 0 Å². The average molecular weight is 571 g/mol. The lowest BCUT2D eigenvalue weighted by Gasteiger charge is -2.32. The molecule has 2 amide bonds. The summed E-state index contributed by atoms with van der Waals surface area (Å²) in [5.41, 5.74) is 1.11. The molecule has 1 fully saturated rings. The number of nitrogens with one attached hydrogen (secondary N) is 1. The fraction of sp³-hybridized carbons (Fsp3) is 0.417. The molecule has 0 heterocycles. The van der Waals surface area contributed by atoms with Crippen molar-refractivity contribution in [2.24, 2.45) is 0 Å². The summed E-state index contributed by atoms with van der Waals surface area (Å²) < 4.78 is 27.0. The number of sulfonamides is 1. The van der Waals surface area contributed by atoms with E-state index in [1.54, 1.807) is 25.1 Å². The second kappa shape index (κ2) is 11.6. The Bertz CT molecular complexity index is 1120. The Balaban J connectivity index is 1.87. The predicted molar refractivity (Wildman–Crippen MR) is 138 cm³/mol. The van der Waals surface area contributed by atoms with E-state index in [-0.39, 0.29) is 24.2 Å². The third kappa shape index (κ3) is 7.20. The Morgan fingerprint density at radius 3 is 2.38 bits per heavy atom. The zero-order valence-corrected chi connectivity index (χ0v) is 22.4. The first-order chi connectivity index (χ1) is 16.0. The van der Waals surface area contributed by atoms with Crippen LogP contribution in [-0.4, -0.2) is 50.0 Å². The van der Waals surface area contributed by atoms with E-state index in [0.29, 0.717) is 5.02 Å². The van der Waals surface area contributed by atoms with Crippen molar-refractivity contribution >= 4 is 55.1 Å². The van der Waals surface area contributed by atoms with Crippen LogP contribution in [0.2, 0.25) is 5.02 Å². The molecule has 0 aliphatic heterocycles. The molecule has 1 aliphatic carbocycles. The van der Waals surface area contributed by atoms with E-state index in [4.69, 9.17) is 11.6 Å². The smallest absolute Gasteiger partial charge is 0.244 e. The van der Waals surface area contributed by atoms with E-state index in [9.17, 15) is 18.0 Å². The van der Waals surface area contributed by atoms with E-state index in [1.165, 1.54) is 11.0 Å². The van der Waals surface area contributed by atoms with Crippen molar-refractivity contribution < 1.29 is 18.0 Å². The minimum Gasteiger partial charge on any atom is -0.352 e. The Kier molecular flexibility index (Phi) is 9.01. The second-order valence-electron chi connectivity index (χ2n) is 8.56. The molecule has 1 N–H and O–H groups in total. The zero-order valence-electron chi connectivity index (χ0n) is 19.2. The molecular formula is C24H29BrClN3O4S. The number of anilines is 1. The van der Waals surface area contributed by atoms with Crippen LogP contribution in [-0.2, 0) is 26.2 Å². The van der Waals surface area contributed by atoms with Gasteiger partial charge in [0.05, 0.1) is 11.9 Å². The highest BCUT2D eigenvalue weighted by atomic mass is 79.9. The number of benzene rings is 2.